The standard InChI is InChI=1S/C54H40N2O2/c1-3-37-13-27-45(28-14-37)57-35-39-17-31-53-49(33-39)47-9-5-7-11-51(47)55(53)43-23-19-41(20-24-43)42-21-25-44(26-22-42)56-52-12-8-6-10-48(52)50-34-40(18-32-54(50)56)36-58-46-29-15-38(4-2)16-30-46/h3-34H,1-2,35-36H2. The van der Waals surface area contributed by atoms with E-state index in [9.17, 15) is 0 Å². The largest absolute Gasteiger partial charge is 0.489 e. The molecule has 0 spiro atoms. The Balaban J connectivity index is 0.915. The lowest BCUT2D eigenvalue weighted by Crippen LogP contribution is -1.97. The van der Waals surface area contributed by atoms with Crippen molar-refractivity contribution in [2.75, 3.05) is 0 Å². The smallest absolute Gasteiger partial charge is 0.119 e. The molecule has 0 aliphatic carbocycles. The van der Waals surface area contributed by atoms with Crippen molar-refractivity contribution < 1.29 is 9.47 Å². The average molecular weight is 749 g/mol. The van der Waals surface area contributed by atoms with Gasteiger partial charge in [0, 0.05) is 32.9 Å². The van der Waals surface area contributed by atoms with Crippen molar-refractivity contribution in [2.24, 2.45) is 0 Å². The molecule has 10 rings (SSSR count). The second-order valence-corrected chi connectivity index (χ2v) is 14.6. The molecule has 0 fully saturated rings. The van der Waals surface area contributed by atoms with Gasteiger partial charge < -0.3 is 18.6 Å². The van der Waals surface area contributed by atoms with Crippen LogP contribution in [0.25, 0.3) is 78.3 Å². The predicted octanol–water partition coefficient (Wildman–Crippen LogP) is 14.0. The molecule has 10 aromatic rings. The van der Waals surface area contributed by atoms with Gasteiger partial charge in [-0.05, 0) is 118 Å². The van der Waals surface area contributed by atoms with Gasteiger partial charge in [-0.15, -0.1) is 0 Å². The molecule has 0 saturated carbocycles. The summed E-state index contributed by atoms with van der Waals surface area (Å²) in [4.78, 5) is 0. The van der Waals surface area contributed by atoms with Crippen molar-refractivity contribution in [1.29, 1.82) is 0 Å². The SMILES string of the molecule is C=Cc1ccc(OCc2ccc3c(c2)c2ccccc2n3-c2ccc(-c3ccc(-n4c5ccccc5c5cc(COc6ccc(C=C)cc6)ccc54)cc3)cc2)cc1. The molecule has 0 unspecified atom stereocenters. The zero-order valence-corrected chi connectivity index (χ0v) is 32.0. The number of fused-ring (bicyclic) bond motifs is 6. The molecule has 4 nitrogen and oxygen atoms in total. The van der Waals surface area contributed by atoms with Crippen molar-refractivity contribution in [3.8, 4) is 34.0 Å². The van der Waals surface area contributed by atoms with Crippen molar-refractivity contribution in [3.63, 3.8) is 0 Å². The highest BCUT2D eigenvalue weighted by Gasteiger charge is 2.15. The van der Waals surface area contributed by atoms with Crippen molar-refractivity contribution in [1.82, 2.24) is 9.13 Å². The molecule has 0 atom stereocenters. The zero-order chi connectivity index (χ0) is 39.0. The molecule has 0 aliphatic heterocycles. The second-order valence-electron chi connectivity index (χ2n) is 14.6. The van der Waals surface area contributed by atoms with Crippen LogP contribution in [0.15, 0.2) is 195 Å². The Kier molecular flexibility index (Phi) is 8.92. The molecule has 0 aliphatic rings. The van der Waals surface area contributed by atoms with E-state index in [1.807, 2.05) is 60.7 Å². The summed E-state index contributed by atoms with van der Waals surface area (Å²) in [6.07, 6.45) is 3.68. The van der Waals surface area contributed by atoms with Gasteiger partial charge in [-0.3, -0.25) is 0 Å². The summed E-state index contributed by atoms with van der Waals surface area (Å²) < 4.78 is 17.0. The van der Waals surface area contributed by atoms with Gasteiger partial charge >= 0.3 is 0 Å². The maximum atomic E-state index is 6.15. The normalized spacial score (nSPS) is 11.4. The Morgan fingerprint density at radius 3 is 1.16 bits per heavy atom. The molecule has 0 bridgehead atoms. The minimum absolute atomic E-state index is 0.496. The predicted molar refractivity (Wildman–Crippen MR) is 242 cm³/mol. The lowest BCUT2D eigenvalue weighted by molar-refractivity contribution is 0.306. The summed E-state index contributed by atoms with van der Waals surface area (Å²) in [7, 11) is 0. The summed E-state index contributed by atoms with van der Waals surface area (Å²) in [5, 5.41) is 4.86. The van der Waals surface area contributed by atoms with E-state index >= 15 is 0 Å². The summed E-state index contributed by atoms with van der Waals surface area (Å²) in [5.41, 5.74) is 13.7. The molecule has 58 heavy (non-hydrogen) atoms. The van der Waals surface area contributed by atoms with Gasteiger partial charge in [-0.25, -0.2) is 0 Å². The van der Waals surface area contributed by atoms with E-state index in [0.717, 1.165) is 45.1 Å². The summed E-state index contributed by atoms with van der Waals surface area (Å²) >= 11 is 0. The summed E-state index contributed by atoms with van der Waals surface area (Å²) in [6.45, 7) is 8.68. The monoisotopic (exact) mass is 748 g/mol. The van der Waals surface area contributed by atoms with E-state index in [2.05, 4.69) is 156 Å². The molecule has 0 amide bonds. The quantitative estimate of drug-likeness (QED) is 0.132. The molecule has 0 N–H and O–H groups in total. The maximum Gasteiger partial charge on any atom is 0.119 e. The molecule has 0 saturated heterocycles. The van der Waals surface area contributed by atoms with Crippen molar-refractivity contribution in [3.05, 3.63) is 217 Å². The fourth-order valence-corrected chi connectivity index (χ4v) is 8.12. The van der Waals surface area contributed by atoms with Crippen LogP contribution in [0.5, 0.6) is 11.5 Å². The van der Waals surface area contributed by atoms with Gasteiger partial charge in [0.25, 0.3) is 0 Å². The minimum atomic E-state index is 0.496. The molecule has 278 valence electrons. The van der Waals surface area contributed by atoms with Crippen LogP contribution in [0.4, 0.5) is 0 Å². The molecule has 2 aromatic heterocycles. The molecule has 4 heteroatoms. The highest BCUT2D eigenvalue weighted by molar-refractivity contribution is 6.10. The average Bonchev–Trinajstić information content (AvgIpc) is 3.80. The van der Waals surface area contributed by atoms with Crippen LogP contribution >= 0.6 is 0 Å². The lowest BCUT2D eigenvalue weighted by Gasteiger charge is -2.12. The Morgan fingerprint density at radius 2 is 0.759 bits per heavy atom. The fraction of sp³-hybridized carbons (Fsp3) is 0.0370. The molecule has 2 heterocycles. The van der Waals surface area contributed by atoms with E-state index in [0.29, 0.717) is 13.2 Å². The number of benzene rings is 8. The van der Waals surface area contributed by atoms with Gasteiger partial charge in [0.05, 0.1) is 22.1 Å². The number of nitrogens with zero attached hydrogens (tertiary/aromatic N) is 2. The zero-order valence-electron chi connectivity index (χ0n) is 32.0. The van der Waals surface area contributed by atoms with Gasteiger partial charge in [0.1, 0.15) is 24.7 Å². The van der Waals surface area contributed by atoms with Crippen LogP contribution in [0.3, 0.4) is 0 Å². The first-order chi connectivity index (χ1) is 28.6. The van der Waals surface area contributed by atoms with Crippen LogP contribution in [-0.4, -0.2) is 9.13 Å². The highest BCUT2D eigenvalue weighted by atomic mass is 16.5. The summed E-state index contributed by atoms with van der Waals surface area (Å²) in [5.74, 6) is 1.69. The minimum Gasteiger partial charge on any atom is -0.489 e. The van der Waals surface area contributed by atoms with Gasteiger partial charge in [-0.2, -0.15) is 0 Å². The molecule has 0 radical (unpaired) electrons. The first-order valence-corrected chi connectivity index (χ1v) is 19.6. The van der Waals surface area contributed by atoms with E-state index in [1.165, 1.54) is 54.7 Å². The second kappa shape index (κ2) is 14.8. The Hall–Kier alpha value is -7.56. The molecular weight excluding hydrogens is 709 g/mol. The highest BCUT2D eigenvalue weighted by Crippen LogP contribution is 2.36. The van der Waals surface area contributed by atoms with Crippen LogP contribution in [-0.2, 0) is 13.2 Å². The number of para-hydroxylation sites is 2. The summed E-state index contributed by atoms with van der Waals surface area (Å²) in [6, 6.07) is 64.4. The van der Waals surface area contributed by atoms with Crippen molar-refractivity contribution in [2.45, 2.75) is 13.2 Å². The maximum absolute atomic E-state index is 6.15. The van der Waals surface area contributed by atoms with Crippen LogP contribution in [0.1, 0.15) is 22.3 Å². The van der Waals surface area contributed by atoms with E-state index in [-0.39, 0.29) is 0 Å². The number of hydrogen-bond acceptors (Lipinski definition) is 2. The fourth-order valence-electron chi connectivity index (χ4n) is 8.12. The first-order valence-electron chi connectivity index (χ1n) is 19.6. The third-order valence-corrected chi connectivity index (χ3v) is 11.1. The molecular formula is C54H40N2O2. The van der Waals surface area contributed by atoms with Crippen LogP contribution < -0.4 is 9.47 Å². The van der Waals surface area contributed by atoms with E-state index < -0.39 is 0 Å². The third kappa shape index (κ3) is 6.41. The van der Waals surface area contributed by atoms with Crippen molar-refractivity contribution >= 4 is 55.8 Å². The van der Waals surface area contributed by atoms with Gasteiger partial charge in [0.15, 0.2) is 0 Å². The topological polar surface area (TPSA) is 28.3 Å². The van der Waals surface area contributed by atoms with Gasteiger partial charge in [-0.1, -0.05) is 122 Å². The first kappa shape index (κ1) is 34.9. The molecule has 8 aromatic carbocycles. The van der Waals surface area contributed by atoms with Crippen LogP contribution in [0.2, 0.25) is 0 Å². The van der Waals surface area contributed by atoms with E-state index in [1.54, 1.807) is 0 Å². The van der Waals surface area contributed by atoms with E-state index in [4.69, 9.17) is 9.47 Å². The number of ether oxygens (including phenoxy) is 2. The Labute approximate surface area is 337 Å². The number of rotatable bonds is 11. The Morgan fingerprint density at radius 1 is 0.379 bits per heavy atom. The number of hydrogen-bond donors (Lipinski definition) is 0. The van der Waals surface area contributed by atoms with Gasteiger partial charge in [0.2, 0.25) is 0 Å². The lowest BCUT2D eigenvalue weighted by atomic mass is 10.0. The third-order valence-electron chi connectivity index (χ3n) is 11.1. The number of aromatic nitrogens is 2. The van der Waals surface area contributed by atoms with Crippen LogP contribution in [0, 0.1) is 0 Å². The Bertz CT molecular complexity index is 2900.